The van der Waals surface area contributed by atoms with E-state index in [1.807, 2.05) is 43.3 Å². The molecule has 0 saturated carbocycles. The Hall–Kier alpha value is -2.97. The number of carbonyl (C=O) groups is 1. The minimum Gasteiger partial charge on any atom is -0.493 e. The maximum absolute atomic E-state index is 13.1. The molecule has 9 heteroatoms. The number of nitrogens with zero attached hydrogens (tertiary/aromatic N) is 1. The summed E-state index contributed by atoms with van der Waals surface area (Å²) in [5, 5.41) is 3.85. The molecule has 4 rings (SSSR count). The van der Waals surface area contributed by atoms with Crippen molar-refractivity contribution in [2.75, 3.05) is 19.0 Å². The number of ether oxygens (including phenoxy) is 2. The van der Waals surface area contributed by atoms with Crippen molar-refractivity contribution in [3.63, 3.8) is 0 Å². The summed E-state index contributed by atoms with van der Waals surface area (Å²) < 4.78 is 11.3. The molecule has 0 saturated heterocycles. The number of thioether (sulfide) groups is 1. The predicted octanol–water partition coefficient (Wildman–Crippen LogP) is 4.60. The van der Waals surface area contributed by atoms with E-state index < -0.39 is 5.92 Å². The fourth-order valence-corrected chi connectivity index (χ4v) is 4.63. The third-order valence-electron chi connectivity index (χ3n) is 5.11. The number of amides is 1. The molecule has 7 nitrogen and oxygen atoms in total. The van der Waals surface area contributed by atoms with E-state index in [2.05, 4.69) is 15.3 Å². The Kier molecular flexibility index (Phi) is 6.72. The lowest BCUT2D eigenvalue weighted by molar-refractivity contribution is -0.116. The summed E-state index contributed by atoms with van der Waals surface area (Å²) in [6, 6.07) is 12.9. The molecule has 0 aliphatic carbocycles. The van der Waals surface area contributed by atoms with Gasteiger partial charge in [-0.25, -0.2) is 4.98 Å². The van der Waals surface area contributed by atoms with Crippen LogP contribution in [0.4, 0.5) is 5.82 Å². The lowest BCUT2D eigenvalue weighted by Gasteiger charge is -2.26. The number of methoxy groups -OCH3 is 1. The molecule has 2 heterocycles. The quantitative estimate of drug-likeness (QED) is 0.386. The van der Waals surface area contributed by atoms with Crippen LogP contribution in [0.2, 0.25) is 5.02 Å². The number of halogens is 1. The van der Waals surface area contributed by atoms with Crippen LogP contribution in [0.5, 0.6) is 11.5 Å². The van der Waals surface area contributed by atoms with Crippen LogP contribution < -0.4 is 20.3 Å². The fourth-order valence-electron chi connectivity index (χ4n) is 3.68. The molecule has 0 bridgehead atoms. The number of rotatable bonds is 7. The molecule has 32 heavy (non-hydrogen) atoms. The van der Waals surface area contributed by atoms with Crippen LogP contribution in [0.1, 0.15) is 36.0 Å². The van der Waals surface area contributed by atoms with E-state index in [0.717, 1.165) is 11.1 Å². The second-order valence-corrected chi connectivity index (χ2v) is 8.57. The predicted molar refractivity (Wildman–Crippen MR) is 125 cm³/mol. The SMILES string of the molecule is CCOc1c(OC)cccc1[C@@H]1CC(=O)Nc2nc(SCc3ccc(Cl)cc3)[nH]c(=O)c21. The number of hydrogen-bond donors (Lipinski definition) is 2. The molecule has 166 valence electrons. The number of aromatic amines is 1. The molecule has 2 aromatic carbocycles. The number of hydrogen-bond acceptors (Lipinski definition) is 6. The highest BCUT2D eigenvalue weighted by molar-refractivity contribution is 7.98. The first kappa shape index (κ1) is 22.2. The van der Waals surface area contributed by atoms with Crippen molar-refractivity contribution in [2.24, 2.45) is 0 Å². The van der Waals surface area contributed by atoms with Crippen LogP contribution in [0.25, 0.3) is 0 Å². The van der Waals surface area contributed by atoms with Crippen molar-refractivity contribution in [3.8, 4) is 11.5 Å². The van der Waals surface area contributed by atoms with Gasteiger partial charge >= 0.3 is 0 Å². The van der Waals surface area contributed by atoms with Crippen LogP contribution in [-0.2, 0) is 10.5 Å². The molecular weight excluding hydrogens is 450 g/mol. The maximum Gasteiger partial charge on any atom is 0.257 e. The molecule has 1 amide bonds. The first-order valence-corrected chi connectivity index (χ1v) is 11.5. The standard InChI is InChI=1S/C23H22ClN3O4S/c1-3-31-20-15(5-4-6-17(20)30-2)16-11-18(28)25-21-19(16)22(29)27-23(26-21)32-12-13-7-9-14(24)10-8-13/h4-10,16H,3,11-12H2,1-2H3,(H2,25,26,27,28,29)/t16-/m0/s1. The van der Waals surface area contributed by atoms with Crippen molar-refractivity contribution in [1.82, 2.24) is 9.97 Å². The Balaban J connectivity index is 1.70. The number of para-hydroxylation sites is 1. The molecule has 1 aliphatic rings. The average Bonchev–Trinajstić information content (AvgIpc) is 2.78. The Morgan fingerprint density at radius 2 is 1.97 bits per heavy atom. The summed E-state index contributed by atoms with van der Waals surface area (Å²) in [4.78, 5) is 33.0. The monoisotopic (exact) mass is 471 g/mol. The number of anilines is 1. The highest BCUT2D eigenvalue weighted by Gasteiger charge is 2.33. The number of nitrogens with one attached hydrogen (secondary N) is 2. The van der Waals surface area contributed by atoms with Gasteiger partial charge in [0, 0.05) is 28.7 Å². The summed E-state index contributed by atoms with van der Waals surface area (Å²) >= 11 is 7.31. The van der Waals surface area contributed by atoms with Gasteiger partial charge in [-0.2, -0.15) is 0 Å². The van der Waals surface area contributed by atoms with Crippen LogP contribution in [0.15, 0.2) is 52.4 Å². The summed E-state index contributed by atoms with van der Waals surface area (Å²) in [6.07, 6.45) is 0.113. The molecule has 1 atom stereocenters. The van der Waals surface area contributed by atoms with E-state index in [4.69, 9.17) is 21.1 Å². The minimum atomic E-state index is -0.498. The van der Waals surface area contributed by atoms with Crippen LogP contribution >= 0.6 is 23.4 Å². The van der Waals surface area contributed by atoms with Gasteiger partial charge in [-0.1, -0.05) is 47.6 Å². The van der Waals surface area contributed by atoms with Gasteiger partial charge in [-0.05, 0) is 30.7 Å². The average molecular weight is 472 g/mol. The second kappa shape index (κ2) is 9.67. The van der Waals surface area contributed by atoms with E-state index in [9.17, 15) is 9.59 Å². The van der Waals surface area contributed by atoms with E-state index in [-0.39, 0.29) is 23.7 Å². The van der Waals surface area contributed by atoms with Crippen LogP contribution in [-0.4, -0.2) is 29.6 Å². The third-order valence-corrected chi connectivity index (χ3v) is 6.31. The number of H-pyrrole nitrogens is 1. The highest BCUT2D eigenvalue weighted by atomic mass is 35.5. The fraction of sp³-hybridized carbons (Fsp3) is 0.261. The van der Waals surface area contributed by atoms with E-state index >= 15 is 0 Å². The maximum atomic E-state index is 13.1. The van der Waals surface area contributed by atoms with Crippen molar-refractivity contribution in [2.45, 2.75) is 30.2 Å². The summed E-state index contributed by atoms with van der Waals surface area (Å²) in [5.41, 5.74) is 1.88. The van der Waals surface area contributed by atoms with Gasteiger partial charge in [0.05, 0.1) is 19.3 Å². The van der Waals surface area contributed by atoms with Gasteiger partial charge < -0.3 is 19.8 Å². The highest BCUT2D eigenvalue weighted by Crippen LogP contribution is 2.42. The Morgan fingerprint density at radius 1 is 1.19 bits per heavy atom. The van der Waals surface area contributed by atoms with Gasteiger partial charge in [0.25, 0.3) is 5.56 Å². The van der Waals surface area contributed by atoms with E-state index in [1.165, 1.54) is 11.8 Å². The van der Waals surface area contributed by atoms with Crippen molar-refractivity contribution < 1.29 is 14.3 Å². The van der Waals surface area contributed by atoms with Gasteiger partial charge in [0.2, 0.25) is 5.91 Å². The third kappa shape index (κ3) is 4.61. The number of aromatic nitrogens is 2. The van der Waals surface area contributed by atoms with Crippen LogP contribution in [0.3, 0.4) is 0 Å². The van der Waals surface area contributed by atoms with Gasteiger partial charge in [-0.15, -0.1) is 0 Å². The first-order chi connectivity index (χ1) is 15.5. The topological polar surface area (TPSA) is 93.3 Å². The molecule has 0 radical (unpaired) electrons. The summed E-state index contributed by atoms with van der Waals surface area (Å²) in [7, 11) is 1.56. The molecule has 0 unspecified atom stereocenters. The lowest BCUT2D eigenvalue weighted by Crippen LogP contribution is -2.31. The Morgan fingerprint density at radius 3 is 2.69 bits per heavy atom. The van der Waals surface area contributed by atoms with E-state index in [0.29, 0.717) is 39.6 Å². The van der Waals surface area contributed by atoms with Gasteiger partial charge in [0.15, 0.2) is 16.7 Å². The number of fused-ring (bicyclic) bond motifs is 1. The number of carbonyl (C=O) groups excluding carboxylic acids is 1. The zero-order valence-electron chi connectivity index (χ0n) is 17.6. The molecule has 0 spiro atoms. The normalized spacial score (nSPS) is 15.1. The summed E-state index contributed by atoms with van der Waals surface area (Å²) in [5.74, 6) is 1.25. The molecule has 1 aromatic heterocycles. The molecule has 0 fully saturated rings. The molecular formula is C23H22ClN3O4S. The Bertz CT molecular complexity index is 1200. The summed E-state index contributed by atoms with van der Waals surface area (Å²) in [6.45, 7) is 2.30. The zero-order valence-corrected chi connectivity index (χ0v) is 19.2. The lowest BCUT2D eigenvalue weighted by atomic mass is 9.86. The van der Waals surface area contributed by atoms with Crippen molar-refractivity contribution in [3.05, 3.63) is 74.5 Å². The smallest absolute Gasteiger partial charge is 0.257 e. The van der Waals surface area contributed by atoms with Crippen molar-refractivity contribution >= 4 is 35.1 Å². The minimum absolute atomic E-state index is 0.113. The molecule has 3 aromatic rings. The second-order valence-electron chi connectivity index (χ2n) is 7.17. The largest absolute Gasteiger partial charge is 0.493 e. The van der Waals surface area contributed by atoms with Gasteiger partial charge in [-0.3, -0.25) is 9.59 Å². The zero-order chi connectivity index (χ0) is 22.7. The number of benzene rings is 2. The van der Waals surface area contributed by atoms with E-state index in [1.54, 1.807) is 13.2 Å². The Labute approximate surface area is 194 Å². The van der Waals surface area contributed by atoms with Crippen molar-refractivity contribution in [1.29, 1.82) is 0 Å². The first-order valence-electron chi connectivity index (χ1n) is 10.1. The molecule has 1 aliphatic heterocycles. The molecule has 2 N–H and O–H groups in total. The van der Waals surface area contributed by atoms with Gasteiger partial charge in [0.1, 0.15) is 5.82 Å². The van der Waals surface area contributed by atoms with Crippen LogP contribution in [0, 0.1) is 0 Å².